The third-order valence-corrected chi connectivity index (χ3v) is 2.43. The number of alkyl halides is 3. The van der Waals surface area contributed by atoms with Gasteiger partial charge in [0.25, 0.3) is 5.91 Å². The molecule has 0 unspecified atom stereocenters. The zero-order valence-corrected chi connectivity index (χ0v) is 8.31. The molecule has 3 nitrogen and oxygen atoms in total. The Labute approximate surface area is 89.2 Å². The molecule has 16 heavy (non-hydrogen) atoms. The van der Waals surface area contributed by atoms with Crippen LogP contribution in [0.4, 0.5) is 13.2 Å². The number of fused-ring (bicyclic) bond motifs is 1. The highest BCUT2D eigenvalue weighted by molar-refractivity contribution is 5.99. The molecular weight excluding hydrogens is 223 g/mol. The molecule has 0 aromatic heterocycles. The summed E-state index contributed by atoms with van der Waals surface area (Å²) >= 11 is 0. The molecule has 0 spiro atoms. The number of halogens is 3. The highest BCUT2D eigenvalue weighted by Gasteiger charge is 2.37. The molecule has 1 heterocycles. The van der Waals surface area contributed by atoms with Crippen LogP contribution < -0.4 is 10.1 Å². The number of hydrogen-bond acceptors (Lipinski definition) is 2. The fraction of sp³-hybridized carbons (Fsp3) is 0.300. The van der Waals surface area contributed by atoms with Crippen LogP contribution in [-0.2, 0) is 12.7 Å². The number of carbonyl (C=O) groups is 1. The van der Waals surface area contributed by atoms with Crippen LogP contribution >= 0.6 is 0 Å². The molecular formula is C10H8F3NO2. The monoisotopic (exact) mass is 231 g/mol. The molecule has 1 aliphatic heterocycles. The molecule has 0 atom stereocenters. The van der Waals surface area contributed by atoms with Gasteiger partial charge >= 0.3 is 6.18 Å². The van der Waals surface area contributed by atoms with Gasteiger partial charge in [0, 0.05) is 12.1 Å². The fourth-order valence-corrected chi connectivity index (χ4v) is 1.67. The van der Waals surface area contributed by atoms with Gasteiger partial charge in [-0.3, -0.25) is 4.79 Å². The number of rotatable bonds is 1. The van der Waals surface area contributed by atoms with E-state index in [1.807, 2.05) is 0 Å². The smallest absolute Gasteiger partial charge is 0.416 e. The molecule has 1 N–H and O–H groups in total. The van der Waals surface area contributed by atoms with Crippen LogP contribution in [0.3, 0.4) is 0 Å². The van der Waals surface area contributed by atoms with Crippen molar-refractivity contribution in [2.75, 3.05) is 7.11 Å². The van der Waals surface area contributed by atoms with E-state index in [1.54, 1.807) is 0 Å². The number of methoxy groups -OCH3 is 1. The molecule has 6 heteroatoms. The van der Waals surface area contributed by atoms with Crippen molar-refractivity contribution >= 4 is 5.91 Å². The molecule has 0 saturated carbocycles. The predicted octanol–water partition coefficient (Wildman–Crippen LogP) is 1.96. The molecule has 0 fully saturated rings. The second-order valence-corrected chi connectivity index (χ2v) is 3.38. The Hall–Kier alpha value is -1.72. The highest BCUT2D eigenvalue weighted by Crippen LogP contribution is 2.37. The molecule has 0 saturated heterocycles. The number of benzene rings is 1. The summed E-state index contributed by atoms with van der Waals surface area (Å²) in [7, 11) is 1.26. The van der Waals surface area contributed by atoms with Crippen LogP contribution in [0.2, 0.25) is 0 Å². The SMILES string of the molecule is COc1cc2c(c(C(F)(F)F)c1)CNC2=O. The third-order valence-electron chi connectivity index (χ3n) is 2.43. The first-order valence-corrected chi connectivity index (χ1v) is 4.50. The van der Waals surface area contributed by atoms with E-state index in [0.29, 0.717) is 0 Å². The Morgan fingerprint density at radius 2 is 2.06 bits per heavy atom. The summed E-state index contributed by atoms with van der Waals surface area (Å²) in [5.41, 5.74) is -0.801. The molecule has 86 valence electrons. The Bertz CT molecular complexity index is 454. The Kier molecular flexibility index (Phi) is 2.29. The summed E-state index contributed by atoms with van der Waals surface area (Å²) in [4.78, 5) is 11.3. The average Bonchev–Trinajstić information content (AvgIpc) is 2.58. The first kappa shape index (κ1) is 10.8. The number of ether oxygens (including phenoxy) is 1. The summed E-state index contributed by atoms with van der Waals surface area (Å²) in [6.45, 7) is -0.0903. The van der Waals surface area contributed by atoms with Crippen molar-refractivity contribution in [1.82, 2.24) is 5.32 Å². The van der Waals surface area contributed by atoms with Crippen LogP contribution in [-0.4, -0.2) is 13.0 Å². The first-order chi connectivity index (χ1) is 7.43. The number of amides is 1. The van der Waals surface area contributed by atoms with Crippen LogP contribution in [0.1, 0.15) is 21.5 Å². The summed E-state index contributed by atoms with van der Waals surface area (Å²) in [5, 5.41) is 2.35. The van der Waals surface area contributed by atoms with Crippen LogP contribution in [0.15, 0.2) is 12.1 Å². The van der Waals surface area contributed by atoms with Gasteiger partial charge in [0.2, 0.25) is 0 Å². The average molecular weight is 231 g/mol. The van der Waals surface area contributed by atoms with Gasteiger partial charge in [-0.1, -0.05) is 0 Å². The molecule has 0 radical (unpaired) electrons. The van der Waals surface area contributed by atoms with Crippen molar-refractivity contribution in [2.24, 2.45) is 0 Å². The molecule has 2 rings (SSSR count). The molecule has 1 amide bonds. The van der Waals surface area contributed by atoms with Gasteiger partial charge in [-0.2, -0.15) is 13.2 Å². The first-order valence-electron chi connectivity index (χ1n) is 4.50. The van der Waals surface area contributed by atoms with E-state index >= 15 is 0 Å². The van der Waals surface area contributed by atoms with E-state index in [9.17, 15) is 18.0 Å². The normalized spacial score (nSPS) is 14.6. The minimum absolute atomic E-state index is 0.0155. The van der Waals surface area contributed by atoms with Crippen molar-refractivity contribution in [1.29, 1.82) is 0 Å². The van der Waals surface area contributed by atoms with Crippen molar-refractivity contribution in [3.05, 3.63) is 28.8 Å². The van der Waals surface area contributed by atoms with E-state index in [-0.39, 0.29) is 23.4 Å². The summed E-state index contributed by atoms with van der Waals surface area (Å²) in [6, 6.07) is 2.21. The third kappa shape index (κ3) is 1.60. The minimum Gasteiger partial charge on any atom is -0.497 e. The van der Waals surface area contributed by atoms with Crippen molar-refractivity contribution in [3.8, 4) is 5.75 Å². The molecule has 1 aliphatic rings. The lowest BCUT2D eigenvalue weighted by Crippen LogP contribution is -2.12. The lowest BCUT2D eigenvalue weighted by Gasteiger charge is -2.12. The maximum atomic E-state index is 12.7. The Morgan fingerprint density at radius 3 is 2.62 bits per heavy atom. The second-order valence-electron chi connectivity index (χ2n) is 3.38. The summed E-state index contributed by atoms with van der Waals surface area (Å²) < 4.78 is 42.8. The van der Waals surface area contributed by atoms with Gasteiger partial charge in [-0.05, 0) is 17.7 Å². The van der Waals surface area contributed by atoms with Crippen molar-refractivity contribution in [2.45, 2.75) is 12.7 Å². The standard InChI is InChI=1S/C10H8F3NO2/c1-16-5-2-6-7(4-14-9(6)15)8(3-5)10(11,12)13/h2-3H,4H2,1H3,(H,14,15). The van der Waals surface area contributed by atoms with Crippen LogP contribution in [0.25, 0.3) is 0 Å². The minimum atomic E-state index is -4.48. The van der Waals surface area contributed by atoms with E-state index in [4.69, 9.17) is 4.74 Å². The number of nitrogens with one attached hydrogen (secondary N) is 1. The number of hydrogen-bond donors (Lipinski definition) is 1. The van der Waals surface area contributed by atoms with Crippen molar-refractivity contribution < 1.29 is 22.7 Å². The topological polar surface area (TPSA) is 38.3 Å². The predicted molar refractivity (Wildman–Crippen MR) is 49.2 cm³/mol. The number of carbonyl (C=O) groups excluding carboxylic acids is 1. The second kappa shape index (κ2) is 3.40. The van der Waals surface area contributed by atoms with Crippen molar-refractivity contribution in [3.63, 3.8) is 0 Å². The lowest BCUT2D eigenvalue weighted by molar-refractivity contribution is -0.138. The van der Waals surface area contributed by atoms with Crippen LogP contribution in [0.5, 0.6) is 5.75 Å². The zero-order valence-electron chi connectivity index (χ0n) is 8.31. The molecule has 1 aromatic rings. The maximum Gasteiger partial charge on any atom is 0.416 e. The van der Waals surface area contributed by atoms with E-state index < -0.39 is 17.6 Å². The maximum absolute atomic E-state index is 12.7. The van der Waals surface area contributed by atoms with Crippen LogP contribution in [0, 0.1) is 0 Å². The van der Waals surface area contributed by atoms with Gasteiger partial charge in [-0.25, -0.2) is 0 Å². The Balaban J connectivity index is 2.65. The van der Waals surface area contributed by atoms with Gasteiger partial charge < -0.3 is 10.1 Å². The summed E-state index contributed by atoms with van der Waals surface area (Å²) in [6.07, 6.45) is -4.48. The molecule has 0 aliphatic carbocycles. The van der Waals surface area contributed by atoms with Gasteiger partial charge in [-0.15, -0.1) is 0 Å². The Morgan fingerprint density at radius 1 is 1.38 bits per heavy atom. The quantitative estimate of drug-likeness (QED) is 0.802. The molecule has 1 aromatic carbocycles. The van der Waals surface area contributed by atoms with Gasteiger partial charge in [0.05, 0.1) is 12.7 Å². The van der Waals surface area contributed by atoms with E-state index in [0.717, 1.165) is 6.07 Å². The lowest BCUT2D eigenvalue weighted by atomic mass is 10.0. The summed E-state index contributed by atoms with van der Waals surface area (Å²) in [5.74, 6) is -0.470. The molecule has 0 bridgehead atoms. The van der Waals surface area contributed by atoms with E-state index in [2.05, 4.69) is 5.32 Å². The van der Waals surface area contributed by atoms with Gasteiger partial charge in [0.1, 0.15) is 5.75 Å². The fourth-order valence-electron chi connectivity index (χ4n) is 1.67. The largest absolute Gasteiger partial charge is 0.497 e. The van der Waals surface area contributed by atoms with E-state index in [1.165, 1.54) is 13.2 Å². The zero-order chi connectivity index (χ0) is 11.9. The van der Waals surface area contributed by atoms with Gasteiger partial charge in [0.15, 0.2) is 0 Å². The highest BCUT2D eigenvalue weighted by atomic mass is 19.4.